The van der Waals surface area contributed by atoms with E-state index in [2.05, 4.69) is 23.1 Å². The van der Waals surface area contributed by atoms with E-state index >= 15 is 0 Å². The van der Waals surface area contributed by atoms with Crippen molar-refractivity contribution in [3.63, 3.8) is 0 Å². The molecule has 0 radical (unpaired) electrons. The first-order valence-electron chi connectivity index (χ1n) is 12.1. The van der Waals surface area contributed by atoms with Crippen LogP contribution < -0.4 is 4.90 Å². The van der Waals surface area contributed by atoms with Crippen molar-refractivity contribution in [1.29, 1.82) is 0 Å². The second-order valence-corrected chi connectivity index (χ2v) is 10.4. The fraction of sp³-hybridized carbons (Fsp3) is 0.172. The highest BCUT2D eigenvalue weighted by atomic mass is 32.2. The van der Waals surface area contributed by atoms with Gasteiger partial charge in [-0.3, -0.25) is 9.78 Å². The number of benzene rings is 2. The van der Waals surface area contributed by atoms with E-state index in [9.17, 15) is 4.79 Å². The van der Waals surface area contributed by atoms with Crippen LogP contribution in [0.4, 0.5) is 5.69 Å². The summed E-state index contributed by atoms with van der Waals surface area (Å²) >= 11 is 1.83. The smallest absolute Gasteiger partial charge is 0.259 e. The molecular weight excluding hydrogens is 466 g/mol. The molecule has 4 heterocycles. The van der Waals surface area contributed by atoms with Gasteiger partial charge in [-0.1, -0.05) is 49.4 Å². The van der Waals surface area contributed by atoms with Crippen molar-refractivity contribution >= 4 is 34.4 Å². The Labute approximate surface area is 214 Å². The van der Waals surface area contributed by atoms with Gasteiger partial charge < -0.3 is 4.90 Å². The van der Waals surface area contributed by atoms with Crippen LogP contribution in [-0.2, 0) is 6.54 Å². The number of para-hydroxylation sites is 1. The summed E-state index contributed by atoms with van der Waals surface area (Å²) in [7, 11) is 0. The SMILES string of the molecule is CC1CCN(C(=O)c2cc(-c3ccccc3)nc3c2cnn3Cc2ccncc2)c2ccccc2S1. The summed E-state index contributed by atoms with van der Waals surface area (Å²) in [4.78, 5) is 26.4. The summed E-state index contributed by atoms with van der Waals surface area (Å²) in [5.41, 5.74) is 5.07. The molecule has 3 aromatic heterocycles. The van der Waals surface area contributed by atoms with Crippen LogP contribution in [0.3, 0.4) is 0 Å². The third-order valence-electron chi connectivity index (χ3n) is 6.48. The number of carbonyl (C=O) groups excluding carboxylic acids is 1. The molecule has 178 valence electrons. The van der Waals surface area contributed by atoms with Crippen molar-refractivity contribution in [3.8, 4) is 11.3 Å². The van der Waals surface area contributed by atoms with E-state index < -0.39 is 0 Å². The van der Waals surface area contributed by atoms with Crippen molar-refractivity contribution in [2.75, 3.05) is 11.4 Å². The minimum atomic E-state index is -0.0230. The van der Waals surface area contributed by atoms with Crippen LogP contribution in [0.1, 0.15) is 29.3 Å². The van der Waals surface area contributed by atoms with E-state index in [1.807, 2.05) is 88.1 Å². The molecule has 0 N–H and O–H groups in total. The number of rotatable bonds is 4. The average Bonchev–Trinajstić information content (AvgIpc) is 3.23. The van der Waals surface area contributed by atoms with E-state index in [0.29, 0.717) is 29.6 Å². The van der Waals surface area contributed by atoms with Gasteiger partial charge in [-0.05, 0) is 42.3 Å². The fourth-order valence-corrected chi connectivity index (χ4v) is 5.71. The minimum Gasteiger partial charge on any atom is -0.307 e. The van der Waals surface area contributed by atoms with Crippen LogP contribution in [-0.4, -0.2) is 37.5 Å². The Morgan fingerprint density at radius 2 is 1.81 bits per heavy atom. The van der Waals surface area contributed by atoms with Crippen LogP contribution in [0, 0.1) is 0 Å². The number of carbonyl (C=O) groups is 1. The molecule has 0 saturated carbocycles. The van der Waals surface area contributed by atoms with Gasteiger partial charge >= 0.3 is 0 Å². The Balaban J connectivity index is 1.50. The molecule has 1 unspecified atom stereocenters. The molecule has 7 heteroatoms. The molecular formula is C29H25N5OS. The zero-order valence-electron chi connectivity index (χ0n) is 19.9. The second-order valence-electron chi connectivity index (χ2n) is 8.96. The van der Waals surface area contributed by atoms with Gasteiger partial charge in [0.2, 0.25) is 0 Å². The summed E-state index contributed by atoms with van der Waals surface area (Å²) in [6.45, 7) is 3.43. The summed E-state index contributed by atoms with van der Waals surface area (Å²) in [5, 5.41) is 5.84. The number of fused-ring (bicyclic) bond motifs is 2. The lowest BCUT2D eigenvalue weighted by molar-refractivity contribution is 0.0988. The lowest BCUT2D eigenvalue weighted by atomic mass is 10.1. The van der Waals surface area contributed by atoms with Gasteiger partial charge in [-0.25, -0.2) is 9.67 Å². The molecule has 0 saturated heterocycles. The highest BCUT2D eigenvalue weighted by molar-refractivity contribution is 8.00. The molecule has 6 nitrogen and oxygen atoms in total. The predicted octanol–water partition coefficient (Wildman–Crippen LogP) is 6.07. The Morgan fingerprint density at radius 3 is 2.64 bits per heavy atom. The van der Waals surface area contributed by atoms with Crippen molar-refractivity contribution in [1.82, 2.24) is 19.7 Å². The van der Waals surface area contributed by atoms with Crippen LogP contribution in [0.5, 0.6) is 0 Å². The molecule has 36 heavy (non-hydrogen) atoms. The second kappa shape index (κ2) is 9.59. The molecule has 1 aliphatic rings. The topological polar surface area (TPSA) is 63.9 Å². The minimum absolute atomic E-state index is 0.0230. The summed E-state index contributed by atoms with van der Waals surface area (Å²) in [6, 6.07) is 24.0. The van der Waals surface area contributed by atoms with Gasteiger partial charge in [0.05, 0.1) is 35.1 Å². The van der Waals surface area contributed by atoms with Crippen LogP contribution in [0.15, 0.2) is 96.3 Å². The molecule has 5 aromatic rings. The number of aromatic nitrogens is 4. The number of hydrogen-bond donors (Lipinski definition) is 0. The molecule has 2 aromatic carbocycles. The maximum Gasteiger partial charge on any atom is 0.259 e. The van der Waals surface area contributed by atoms with E-state index in [1.165, 1.54) is 0 Å². The van der Waals surface area contributed by atoms with Crippen LogP contribution >= 0.6 is 11.8 Å². The van der Waals surface area contributed by atoms with Crippen LogP contribution in [0.25, 0.3) is 22.3 Å². The van der Waals surface area contributed by atoms with E-state index in [-0.39, 0.29) is 5.91 Å². The van der Waals surface area contributed by atoms with Gasteiger partial charge in [0.1, 0.15) is 0 Å². The van der Waals surface area contributed by atoms with Gasteiger partial charge in [-0.15, -0.1) is 11.8 Å². The largest absolute Gasteiger partial charge is 0.307 e. The highest BCUT2D eigenvalue weighted by Crippen LogP contribution is 2.38. The molecule has 1 aliphatic heterocycles. The molecule has 0 spiro atoms. The Kier molecular flexibility index (Phi) is 5.99. The molecule has 1 atom stereocenters. The van der Waals surface area contributed by atoms with E-state index in [0.717, 1.165) is 39.2 Å². The standard InChI is InChI=1S/C29H25N5OS/c1-20-13-16-33(26-9-5-6-10-27(26)36-20)29(35)23-17-25(22-7-3-2-4-8-22)32-28-24(23)18-31-34(28)19-21-11-14-30-15-12-21/h2-12,14-15,17-18,20H,13,16,19H2,1H3. The quantitative estimate of drug-likeness (QED) is 0.305. The molecule has 0 bridgehead atoms. The first-order chi connectivity index (χ1) is 17.7. The number of amides is 1. The zero-order chi connectivity index (χ0) is 24.5. The fourth-order valence-electron chi connectivity index (χ4n) is 4.60. The average molecular weight is 492 g/mol. The highest BCUT2D eigenvalue weighted by Gasteiger charge is 2.27. The van der Waals surface area contributed by atoms with Gasteiger partial charge in [0, 0.05) is 34.6 Å². The Hall–Kier alpha value is -3.97. The Morgan fingerprint density at radius 1 is 1.03 bits per heavy atom. The number of pyridine rings is 2. The predicted molar refractivity (Wildman–Crippen MR) is 144 cm³/mol. The third kappa shape index (κ3) is 4.27. The Bertz CT molecular complexity index is 1530. The first-order valence-corrected chi connectivity index (χ1v) is 12.9. The first kappa shape index (κ1) is 22.5. The van der Waals surface area contributed by atoms with Crippen LogP contribution in [0.2, 0.25) is 0 Å². The summed E-state index contributed by atoms with van der Waals surface area (Å²) in [6.07, 6.45) is 6.24. The monoisotopic (exact) mass is 491 g/mol. The summed E-state index contributed by atoms with van der Waals surface area (Å²) < 4.78 is 1.86. The third-order valence-corrected chi connectivity index (χ3v) is 7.72. The van der Waals surface area contributed by atoms with Crippen molar-refractivity contribution in [3.05, 3.63) is 103 Å². The number of thioether (sulfide) groups is 1. The number of anilines is 1. The van der Waals surface area contributed by atoms with Crippen molar-refractivity contribution < 1.29 is 4.79 Å². The maximum absolute atomic E-state index is 14.2. The lowest BCUT2D eigenvalue weighted by Crippen LogP contribution is -2.32. The zero-order valence-corrected chi connectivity index (χ0v) is 20.7. The van der Waals surface area contributed by atoms with Crippen molar-refractivity contribution in [2.45, 2.75) is 30.0 Å². The molecule has 1 amide bonds. The van der Waals surface area contributed by atoms with Gasteiger partial charge in [0.15, 0.2) is 5.65 Å². The van der Waals surface area contributed by atoms with Gasteiger partial charge in [-0.2, -0.15) is 5.10 Å². The van der Waals surface area contributed by atoms with E-state index in [4.69, 9.17) is 4.98 Å². The normalized spacial score (nSPS) is 15.5. The molecule has 0 fully saturated rings. The van der Waals surface area contributed by atoms with Crippen molar-refractivity contribution in [2.24, 2.45) is 0 Å². The lowest BCUT2D eigenvalue weighted by Gasteiger charge is -2.23. The summed E-state index contributed by atoms with van der Waals surface area (Å²) in [5.74, 6) is -0.0230. The number of nitrogens with zero attached hydrogens (tertiary/aromatic N) is 5. The number of hydrogen-bond acceptors (Lipinski definition) is 5. The molecule has 0 aliphatic carbocycles. The molecule has 6 rings (SSSR count). The maximum atomic E-state index is 14.2. The van der Waals surface area contributed by atoms with E-state index in [1.54, 1.807) is 18.6 Å². The van der Waals surface area contributed by atoms with Gasteiger partial charge in [0.25, 0.3) is 5.91 Å².